The van der Waals surface area contributed by atoms with E-state index in [1.54, 1.807) is 13.1 Å². The number of aliphatic imine (C=N–C) groups is 1. The van der Waals surface area contributed by atoms with Crippen LogP contribution >= 0.6 is 24.0 Å². The van der Waals surface area contributed by atoms with Gasteiger partial charge in [-0.15, -0.1) is 30.4 Å². The molecule has 0 bridgehead atoms. The molecule has 6 heteroatoms. The zero-order valence-electron chi connectivity index (χ0n) is 15.9. The second-order valence-corrected chi connectivity index (χ2v) is 6.52. The van der Waals surface area contributed by atoms with Gasteiger partial charge in [0, 0.05) is 37.3 Å². The summed E-state index contributed by atoms with van der Waals surface area (Å²) in [6, 6.07) is 17.8. The molecule has 146 valence electrons. The van der Waals surface area contributed by atoms with Crippen LogP contribution in [0.5, 0.6) is 0 Å². The topological polar surface area (TPSA) is 56.7 Å². The number of nitrogens with one attached hydrogen (secondary N) is 2. The molecule has 1 heterocycles. The minimum Gasteiger partial charge on any atom is -0.347 e. The highest BCUT2D eigenvalue weighted by Gasteiger charge is 2.26. The molecule has 1 aliphatic rings. The van der Waals surface area contributed by atoms with E-state index in [1.807, 2.05) is 24.3 Å². The normalized spacial score (nSPS) is 16.1. The average molecular weight is 488 g/mol. The van der Waals surface area contributed by atoms with Gasteiger partial charge in [-0.3, -0.25) is 9.79 Å². The lowest BCUT2D eigenvalue weighted by atomic mass is 9.99. The number of likely N-dealkylation sites (tertiary alicyclic amines) is 1. The van der Waals surface area contributed by atoms with Crippen LogP contribution in [-0.2, 0) is 4.79 Å². The largest absolute Gasteiger partial charge is 0.347 e. The summed E-state index contributed by atoms with van der Waals surface area (Å²) < 4.78 is 0. The Bertz CT molecular complexity index is 860. The van der Waals surface area contributed by atoms with E-state index in [4.69, 9.17) is 6.42 Å². The van der Waals surface area contributed by atoms with Crippen molar-refractivity contribution in [2.75, 3.05) is 32.0 Å². The number of benzene rings is 2. The number of terminal acetylenes is 1. The molecule has 2 aromatic rings. The Kier molecular flexibility index (Phi) is 8.33. The van der Waals surface area contributed by atoms with Gasteiger partial charge in [0.1, 0.15) is 0 Å². The third-order valence-electron chi connectivity index (χ3n) is 4.69. The van der Waals surface area contributed by atoms with E-state index in [0.29, 0.717) is 11.6 Å². The molecule has 0 radical (unpaired) electrons. The number of guanidine groups is 1. The van der Waals surface area contributed by atoms with Gasteiger partial charge in [0.15, 0.2) is 5.96 Å². The van der Waals surface area contributed by atoms with Crippen molar-refractivity contribution in [3.63, 3.8) is 0 Å². The molecule has 1 saturated heterocycles. The number of halogens is 1. The summed E-state index contributed by atoms with van der Waals surface area (Å²) in [4.78, 5) is 18.8. The van der Waals surface area contributed by atoms with Crippen LogP contribution in [0, 0.1) is 12.3 Å². The van der Waals surface area contributed by atoms with Gasteiger partial charge in [-0.2, -0.15) is 0 Å². The fourth-order valence-corrected chi connectivity index (χ4v) is 3.33. The van der Waals surface area contributed by atoms with Gasteiger partial charge in [0.05, 0.1) is 6.54 Å². The Labute approximate surface area is 183 Å². The first-order valence-corrected chi connectivity index (χ1v) is 9.06. The number of carbonyl (C=O) groups is 1. The van der Waals surface area contributed by atoms with E-state index in [2.05, 4.69) is 50.7 Å². The van der Waals surface area contributed by atoms with Gasteiger partial charge in [0.2, 0.25) is 5.91 Å². The van der Waals surface area contributed by atoms with Crippen molar-refractivity contribution in [2.45, 2.75) is 12.3 Å². The first-order chi connectivity index (χ1) is 13.2. The van der Waals surface area contributed by atoms with Crippen LogP contribution in [0.1, 0.15) is 23.5 Å². The van der Waals surface area contributed by atoms with Crippen molar-refractivity contribution in [2.24, 2.45) is 4.99 Å². The molecule has 1 aliphatic heterocycles. The maximum Gasteiger partial charge on any atom is 0.243 e. The van der Waals surface area contributed by atoms with Crippen LogP contribution in [0.25, 0.3) is 0 Å². The number of hydrogen-bond donors (Lipinski definition) is 2. The summed E-state index contributed by atoms with van der Waals surface area (Å²) in [5, 5.41) is 6.01. The van der Waals surface area contributed by atoms with E-state index >= 15 is 0 Å². The summed E-state index contributed by atoms with van der Waals surface area (Å²) in [5.74, 6) is 3.67. The van der Waals surface area contributed by atoms with Crippen LogP contribution in [0.3, 0.4) is 0 Å². The van der Waals surface area contributed by atoms with Crippen LogP contribution < -0.4 is 10.6 Å². The number of anilines is 1. The third kappa shape index (κ3) is 5.73. The average Bonchev–Trinajstić information content (AvgIpc) is 3.19. The second kappa shape index (κ2) is 10.7. The Balaban J connectivity index is 0.00000280. The number of rotatable bonds is 4. The van der Waals surface area contributed by atoms with Gasteiger partial charge in [0.25, 0.3) is 0 Å². The van der Waals surface area contributed by atoms with Crippen molar-refractivity contribution in [1.29, 1.82) is 0 Å². The van der Waals surface area contributed by atoms with E-state index in [1.165, 1.54) is 5.56 Å². The SMILES string of the molecule is C#Cc1cccc(NC(=O)CNC(=NC)N2CCC(c3ccccc3)C2)c1.I. The van der Waals surface area contributed by atoms with Crippen molar-refractivity contribution in [3.8, 4) is 12.3 Å². The molecule has 0 aliphatic carbocycles. The first-order valence-electron chi connectivity index (χ1n) is 9.06. The molecule has 0 spiro atoms. The zero-order valence-corrected chi connectivity index (χ0v) is 18.2. The van der Waals surface area contributed by atoms with Crippen molar-refractivity contribution >= 4 is 41.5 Å². The van der Waals surface area contributed by atoms with Gasteiger partial charge in [-0.05, 0) is 30.2 Å². The van der Waals surface area contributed by atoms with Crippen LogP contribution in [-0.4, -0.2) is 43.4 Å². The minimum absolute atomic E-state index is 0. The lowest BCUT2D eigenvalue weighted by Gasteiger charge is -2.21. The molecular formula is C22H25IN4O. The Hall–Kier alpha value is -2.53. The molecule has 0 saturated carbocycles. The number of nitrogens with zero attached hydrogens (tertiary/aromatic N) is 2. The standard InChI is InChI=1S/C22H24N4O.HI/c1-3-17-8-7-11-20(14-17)25-21(27)15-24-22(23-2)26-13-12-19(16-26)18-9-5-4-6-10-18;/h1,4-11,14,19H,12-13,15-16H2,2H3,(H,23,24)(H,25,27);1H. The molecule has 5 nitrogen and oxygen atoms in total. The monoisotopic (exact) mass is 488 g/mol. The summed E-state index contributed by atoms with van der Waals surface area (Å²) in [5.41, 5.74) is 2.78. The van der Waals surface area contributed by atoms with Crippen LogP contribution in [0.2, 0.25) is 0 Å². The number of amides is 1. The molecule has 1 amide bonds. The molecule has 1 fully saturated rings. The molecule has 1 unspecified atom stereocenters. The highest BCUT2D eigenvalue weighted by molar-refractivity contribution is 14.0. The van der Waals surface area contributed by atoms with E-state index in [-0.39, 0.29) is 36.4 Å². The third-order valence-corrected chi connectivity index (χ3v) is 4.69. The van der Waals surface area contributed by atoms with Gasteiger partial charge >= 0.3 is 0 Å². The first kappa shape index (κ1) is 21.8. The minimum atomic E-state index is -0.135. The van der Waals surface area contributed by atoms with Gasteiger partial charge in [-0.25, -0.2) is 0 Å². The van der Waals surface area contributed by atoms with E-state index in [0.717, 1.165) is 31.0 Å². The fraction of sp³-hybridized carbons (Fsp3) is 0.273. The molecule has 28 heavy (non-hydrogen) atoms. The predicted molar refractivity (Wildman–Crippen MR) is 125 cm³/mol. The fourth-order valence-electron chi connectivity index (χ4n) is 3.33. The van der Waals surface area contributed by atoms with Crippen molar-refractivity contribution in [1.82, 2.24) is 10.2 Å². The smallest absolute Gasteiger partial charge is 0.243 e. The van der Waals surface area contributed by atoms with E-state index in [9.17, 15) is 4.79 Å². The molecular weight excluding hydrogens is 463 g/mol. The Morgan fingerprint density at radius 2 is 2.04 bits per heavy atom. The van der Waals surface area contributed by atoms with E-state index < -0.39 is 0 Å². The quantitative estimate of drug-likeness (QED) is 0.301. The highest BCUT2D eigenvalue weighted by atomic mass is 127. The lowest BCUT2D eigenvalue weighted by molar-refractivity contribution is -0.115. The van der Waals surface area contributed by atoms with Crippen molar-refractivity contribution in [3.05, 3.63) is 65.7 Å². The summed E-state index contributed by atoms with van der Waals surface area (Å²) in [6.45, 7) is 1.97. The number of hydrogen-bond acceptors (Lipinski definition) is 2. The van der Waals surface area contributed by atoms with Crippen molar-refractivity contribution < 1.29 is 4.79 Å². The summed E-state index contributed by atoms with van der Waals surface area (Å²) >= 11 is 0. The Morgan fingerprint density at radius 3 is 2.75 bits per heavy atom. The van der Waals surface area contributed by atoms with Gasteiger partial charge < -0.3 is 15.5 Å². The lowest BCUT2D eigenvalue weighted by Crippen LogP contribution is -2.43. The zero-order chi connectivity index (χ0) is 19.1. The molecule has 2 aromatic carbocycles. The second-order valence-electron chi connectivity index (χ2n) is 6.52. The summed E-state index contributed by atoms with van der Waals surface area (Å²) in [7, 11) is 1.74. The predicted octanol–water partition coefficient (Wildman–Crippen LogP) is 3.29. The Morgan fingerprint density at radius 1 is 1.25 bits per heavy atom. The maximum absolute atomic E-state index is 12.2. The van der Waals surface area contributed by atoms with Crippen LogP contribution in [0.15, 0.2) is 59.6 Å². The molecule has 3 rings (SSSR count). The molecule has 0 aromatic heterocycles. The maximum atomic E-state index is 12.2. The highest BCUT2D eigenvalue weighted by Crippen LogP contribution is 2.26. The molecule has 2 N–H and O–H groups in total. The van der Waals surface area contributed by atoms with Crippen LogP contribution in [0.4, 0.5) is 5.69 Å². The molecule has 1 atom stereocenters. The number of carbonyl (C=O) groups excluding carboxylic acids is 1. The summed E-state index contributed by atoms with van der Waals surface area (Å²) in [6.07, 6.45) is 6.47. The van der Waals surface area contributed by atoms with Gasteiger partial charge in [-0.1, -0.05) is 42.3 Å².